The van der Waals surface area contributed by atoms with Crippen molar-refractivity contribution in [3.05, 3.63) is 65.4 Å². The molecule has 3 N–H and O–H groups in total. The maximum Gasteiger partial charge on any atom is 0.224 e. The van der Waals surface area contributed by atoms with Crippen molar-refractivity contribution in [3.8, 4) is 0 Å². The van der Waals surface area contributed by atoms with Crippen LogP contribution in [-0.4, -0.2) is 18.9 Å². The van der Waals surface area contributed by atoms with Gasteiger partial charge >= 0.3 is 0 Å². The van der Waals surface area contributed by atoms with Gasteiger partial charge < -0.3 is 20.4 Å². The highest BCUT2D eigenvalue weighted by Crippen LogP contribution is 2.24. The Bertz CT molecular complexity index is 990. The van der Waals surface area contributed by atoms with Gasteiger partial charge in [-0.3, -0.25) is 9.79 Å². The number of fused-ring (bicyclic) bond motifs is 1. The van der Waals surface area contributed by atoms with Crippen molar-refractivity contribution in [1.82, 2.24) is 10.6 Å². The third-order valence-corrected chi connectivity index (χ3v) is 4.76. The van der Waals surface area contributed by atoms with Gasteiger partial charge in [0.25, 0.3) is 0 Å². The summed E-state index contributed by atoms with van der Waals surface area (Å²) >= 11 is 0. The Labute approximate surface area is 171 Å². The van der Waals surface area contributed by atoms with Gasteiger partial charge in [0.2, 0.25) is 5.91 Å². The molecule has 0 atom stereocenters. The number of carbonyl (C=O) groups excluding carboxylic acids is 1. The first kappa shape index (κ1) is 20.5. The molecule has 0 spiro atoms. The molecule has 1 amide bonds. The second-order valence-electron chi connectivity index (χ2n) is 6.92. The van der Waals surface area contributed by atoms with E-state index < -0.39 is 0 Å². The Morgan fingerprint density at radius 3 is 2.45 bits per heavy atom. The normalized spacial score (nSPS) is 11.5. The summed E-state index contributed by atoms with van der Waals surface area (Å²) in [5, 5.41) is 10.6. The van der Waals surface area contributed by atoms with Crippen molar-refractivity contribution in [2.24, 2.45) is 4.99 Å². The quantitative estimate of drug-likeness (QED) is 0.413. The molecule has 0 radical (unpaired) electrons. The molecule has 0 aliphatic heterocycles. The topological polar surface area (TPSA) is 78.7 Å². The minimum absolute atomic E-state index is 0.0452. The van der Waals surface area contributed by atoms with Crippen LogP contribution in [0.1, 0.15) is 36.7 Å². The fraction of sp³-hybridized carbons (Fsp3) is 0.304. The van der Waals surface area contributed by atoms with Crippen LogP contribution in [0.4, 0.5) is 5.69 Å². The standard InChI is InChI=1S/C23H28N4O2/c1-4-7-22(28)27-18-12-10-17(11-13-18)14-25-23(24-3)26-15-21-16(2)19-8-5-6-9-20(19)29-21/h5-6,8-13H,4,7,14-15H2,1-3H3,(H,27,28)(H2,24,25,26). The number of anilines is 1. The van der Waals surface area contributed by atoms with Crippen LogP contribution >= 0.6 is 0 Å². The number of para-hydroxylation sites is 1. The molecule has 1 heterocycles. The monoisotopic (exact) mass is 392 g/mol. The summed E-state index contributed by atoms with van der Waals surface area (Å²) in [5.74, 6) is 1.65. The highest BCUT2D eigenvalue weighted by atomic mass is 16.3. The Morgan fingerprint density at radius 1 is 1.03 bits per heavy atom. The Hall–Kier alpha value is -3.28. The number of furan rings is 1. The molecule has 2 aromatic carbocycles. The van der Waals surface area contributed by atoms with Crippen LogP contribution in [0.2, 0.25) is 0 Å². The van der Waals surface area contributed by atoms with Crippen molar-refractivity contribution in [1.29, 1.82) is 0 Å². The van der Waals surface area contributed by atoms with Gasteiger partial charge in [-0.25, -0.2) is 0 Å². The molecule has 6 heteroatoms. The molecule has 0 aliphatic rings. The zero-order chi connectivity index (χ0) is 20.6. The molecule has 0 saturated heterocycles. The van der Waals surface area contributed by atoms with Gasteiger partial charge in [-0.1, -0.05) is 37.3 Å². The predicted molar refractivity (Wildman–Crippen MR) is 118 cm³/mol. The van der Waals surface area contributed by atoms with Crippen molar-refractivity contribution in [3.63, 3.8) is 0 Å². The molecule has 0 bridgehead atoms. The van der Waals surface area contributed by atoms with Crippen LogP contribution in [0.3, 0.4) is 0 Å². The number of amides is 1. The SMILES string of the molecule is CCCC(=O)Nc1ccc(CNC(=NC)NCc2oc3ccccc3c2C)cc1. The summed E-state index contributed by atoms with van der Waals surface area (Å²) in [7, 11) is 1.74. The Kier molecular flexibility index (Phi) is 6.89. The number of guanidine groups is 1. The number of hydrogen-bond acceptors (Lipinski definition) is 3. The van der Waals surface area contributed by atoms with Gasteiger partial charge in [-0.05, 0) is 37.1 Å². The number of aliphatic imine (C=N–C) groups is 1. The van der Waals surface area contributed by atoms with Crippen LogP contribution in [0.15, 0.2) is 57.9 Å². The van der Waals surface area contributed by atoms with E-state index in [0.717, 1.165) is 40.0 Å². The smallest absolute Gasteiger partial charge is 0.224 e. The van der Waals surface area contributed by atoms with Crippen molar-refractivity contribution in [2.45, 2.75) is 39.8 Å². The molecule has 0 unspecified atom stereocenters. The first-order valence-electron chi connectivity index (χ1n) is 9.91. The fourth-order valence-corrected chi connectivity index (χ4v) is 3.12. The minimum atomic E-state index is 0.0452. The molecule has 3 rings (SSSR count). The molecule has 3 aromatic rings. The van der Waals surface area contributed by atoms with Crippen LogP contribution in [0, 0.1) is 6.92 Å². The molecule has 152 valence electrons. The summed E-state index contributed by atoms with van der Waals surface area (Å²) in [5.41, 5.74) is 3.96. The van der Waals surface area contributed by atoms with Crippen LogP contribution in [0.5, 0.6) is 0 Å². The van der Waals surface area contributed by atoms with E-state index in [2.05, 4.69) is 33.9 Å². The first-order chi connectivity index (χ1) is 14.1. The summed E-state index contributed by atoms with van der Waals surface area (Å²) in [6.45, 7) is 5.25. The molecule has 0 saturated carbocycles. The Balaban J connectivity index is 1.52. The number of hydrogen-bond donors (Lipinski definition) is 3. The summed E-state index contributed by atoms with van der Waals surface area (Å²) < 4.78 is 5.94. The van der Waals surface area contributed by atoms with Gasteiger partial charge in [-0.15, -0.1) is 0 Å². The molecular weight excluding hydrogens is 364 g/mol. The minimum Gasteiger partial charge on any atom is -0.459 e. The number of nitrogens with one attached hydrogen (secondary N) is 3. The van der Waals surface area contributed by atoms with E-state index >= 15 is 0 Å². The van der Waals surface area contributed by atoms with E-state index in [1.54, 1.807) is 7.05 Å². The van der Waals surface area contributed by atoms with E-state index in [1.165, 1.54) is 0 Å². The maximum atomic E-state index is 11.7. The summed E-state index contributed by atoms with van der Waals surface area (Å²) in [6, 6.07) is 15.9. The lowest BCUT2D eigenvalue weighted by molar-refractivity contribution is -0.116. The second-order valence-corrected chi connectivity index (χ2v) is 6.92. The molecule has 0 fully saturated rings. The van der Waals surface area contributed by atoms with Crippen molar-refractivity contribution in [2.75, 3.05) is 12.4 Å². The van der Waals surface area contributed by atoms with Gasteiger partial charge in [0.05, 0.1) is 6.54 Å². The zero-order valence-corrected chi connectivity index (χ0v) is 17.2. The van der Waals surface area contributed by atoms with E-state index in [9.17, 15) is 4.79 Å². The van der Waals surface area contributed by atoms with E-state index in [4.69, 9.17) is 4.42 Å². The number of carbonyl (C=O) groups is 1. The van der Waals surface area contributed by atoms with Gasteiger partial charge in [0.15, 0.2) is 5.96 Å². The lowest BCUT2D eigenvalue weighted by Crippen LogP contribution is -2.36. The Morgan fingerprint density at radius 2 is 1.76 bits per heavy atom. The van der Waals surface area contributed by atoms with Crippen molar-refractivity contribution >= 4 is 28.5 Å². The predicted octanol–water partition coefficient (Wildman–Crippen LogP) is 4.35. The highest BCUT2D eigenvalue weighted by molar-refractivity contribution is 5.90. The number of rotatable bonds is 7. The average molecular weight is 393 g/mol. The number of aryl methyl sites for hydroxylation is 1. The van der Waals surface area contributed by atoms with Gasteiger partial charge in [0.1, 0.15) is 11.3 Å². The maximum absolute atomic E-state index is 11.7. The molecule has 1 aromatic heterocycles. The second kappa shape index (κ2) is 9.78. The third-order valence-electron chi connectivity index (χ3n) is 4.76. The van der Waals surface area contributed by atoms with Crippen LogP contribution in [0.25, 0.3) is 11.0 Å². The van der Waals surface area contributed by atoms with Gasteiger partial charge in [-0.2, -0.15) is 0 Å². The third kappa shape index (κ3) is 5.38. The molecule has 6 nitrogen and oxygen atoms in total. The van der Waals surface area contributed by atoms with Crippen molar-refractivity contribution < 1.29 is 9.21 Å². The lowest BCUT2D eigenvalue weighted by Gasteiger charge is -2.12. The average Bonchev–Trinajstić information content (AvgIpc) is 3.05. The van der Waals surface area contributed by atoms with Crippen LogP contribution in [-0.2, 0) is 17.9 Å². The zero-order valence-electron chi connectivity index (χ0n) is 17.2. The summed E-state index contributed by atoms with van der Waals surface area (Å²) in [4.78, 5) is 15.9. The molecule has 29 heavy (non-hydrogen) atoms. The first-order valence-corrected chi connectivity index (χ1v) is 9.91. The highest BCUT2D eigenvalue weighted by Gasteiger charge is 2.10. The largest absolute Gasteiger partial charge is 0.459 e. The summed E-state index contributed by atoms with van der Waals surface area (Å²) in [6.07, 6.45) is 1.38. The molecule has 0 aliphatic carbocycles. The van der Waals surface area contributed by atoms with Gasteiger partial charge in [0, 0.05) is 36.7 Å². The van der Waals surface area contributed by atoms with E-state index in [1.807, 2.05) is 49.4 Å². The number of benzene rings is 2. The number of nitrogens with zero attached hydrogens (tertiary/aromatic N) is 1. The van der Waals surface area contributed by atoms with E-state index in [0.29, 0.717) is 25.5 Å². The fourth-order valence-electron chi connectivity index (χ4n) is 3.12. The van der Waals surface area contributed by atoms with Crippen LogP contribution < -0.4 is 16.0 Å². The molecular formula is C23H28N4O2. The lowest BCUT2D eigenvalue weighted by atomic mass is 10.1. The van der Waals surface area contributed by atoms with E-state index in [-0.39, 0.29) is 5.91 Å².